The van der Waals surface area contributed by atoms with Crippen LogP contribution in [0.2, 0.25) is 5.02 Å². The molecule has 2 aliphatic rings. The zero-order valence-corrected chi connectivity index (χ0v) is 17.5. The summed E-state index contributed by atoms with van der Waals surface area (Å²) in [6, 6.07) is 14.5. The summed E-state index contributed by atoms with van der Waals surface area (Å²) in [5.41, 5.74) is 1.04. The monoisotopic (exact) mass is 433 g/mol. The lowest BCUT2D eigenvalue weighted by atomic mass is 9.84. The number of aliphatic carboxylic acids is 1. The maximum absolute atomic E-state index is 12.3. The molecule has 2 N–H and O–H groups in total. The van der Waals surface area contributed by atoms with Crippen molar-refractivity contribution in [3.05, 3.63) is 53.6 Å². The quantitative estimate of drug-likeness (QED) is 0.600. The van der Waals surface area contributed by atoms with E-state index in [1.165, 1.54) is 10.7 Å². The van der Waals surface area contributed by atoms with Gasteiger partial charge in [0.05, 0.1) is 5.69 Å². The van der Waals surface area contributed by atoms with Gasteiger partial charge in [0.25, 0.3) is 11.3 Å². The molecule has 2 aliphatic carbocycles. The number of anilines is 1. The Morgan fingerprint density at radius 1 is 1.00 bits per heavy atom. The fourth-order valence-corrected chi connectivity index (χ4v) is 5.82. The molecule has 2 saturated carbocycles. The van der Waals surface area contributed by atoms with Crippen molar-refractivity contribution >= 4 is 34.5 Å². The molecule has 7 heteroatoms. The molecule has 2 fully saturated rings. The van der Waals surface area contributed by atoms with E-state index in [1.807, 2.05) is 24.3 Å². The van der Waals surface area contributed by atoms with Gasteiger partial charge in [-0.2, -0.15) is 0 Å². The number of carbonyl (C=O) groups is 1. The smallest absolute Gasteiger partial charge is 0.330 e. The minimum Gasteiger partial charge on any atom is -0.479 e. The number of halogens is 1. The van der Waals surface area contributed by atoms with Crippen molar-refractivity contribution in [3.63, 3.8) is 0 Å². The third kappa shape index (κ3) is 3.81. The summed E-state index contributed by atoms with van der Waals surface area (Å²) in [5.74, 6) is -0.802. The number of nitrogens with zero attached hydrogens (tertiary/aromatic N) is 1. The number of benzene rings is 2. The number of carboxylic acid groups (broad SMARTS) is 1. The van der Waals surface area contributed by atoms with Crippen LogP contribution in [-0.4, -0.2) is 25.4 Å². The molecule has 3 atom stereocenters. The first-order valence-electron chi connectivity index (χ1n) is 9.94. The fraction of sp³-hybridized carbons (Fsp3) is 0.409. The lowest BCUT2D eigenvalue weighted by Crippen LogP contribution is -2.47. The molecule has 0 aliphatic heterocycles. The van der Waals surface area contributed by atoms with Gasteiger partial charge in [-0.25, -0.2) is 9.00 Å². The fourth-order valence-electron chi connectivity index (χ4n) is 4.83. The van der Waals surface area contributed by atoms with Gasteiger partial charge in [0, 0.05) is 5.02 Å². The number of carboxylic acids is 1. The molecule has 4 rings (SSSR count). The molecule has 0 amide bonds. The second-order valence-electron chi connectivity index (χ2n) is 8.02. The molecule has 3 unspecified atom stereocenters. The summed E-state index contributed by atoms with van der Waals surface area (Å²) < 4.78 is 23.5. The van der Waals surface area contributed by atoms with E-state index >= 15 is 0 Å². The first-order valence-corrected chi connectivity index (χ1v) is 11.4. The molecule has 0 heterocycles. The van der Waals surface area contributed by atoms with Gasteiger partial charge in [-0.05, 0) is 53.6 Å². The average Bonchev–Trinajstić information content (AvgIpc) is 3.46. The van der Waals surface area contributed by atoms with E-state index in [-0.39, 0.29) is 5.92 Å². The standard InChI is InChI=1S/C22H24ClNO4S/c23-18-10-6-15(7-11-18)16-8-12-19(13-9-16)24(29(27)28)22(21(25)26)14-20(22)17-4-2-1-3-5-17/h6-13,17,20H,1-5,14H2,(H,25,26)(H,27,28). The normalized spacial score (nSPS) is 25.4. The third-order valence-corrected chi connectivity index (χ3v) is 7.47. The van der Waals surface area contributed by atoms with Crippen LogP contribution in [0.25, 0.3) is 11.1 Å². The van der Waals surface area contributed by atoms with Gasteiger partial charge in [0.15, 0.2) is 5.54 Å². The second-order valence-corrected chi connectivity index (χ2v) is 9.28. The Morgan fingerprint density at radius 3 is 2.07 bits per heavy atom. The molecular weight excluding hydrogens is 410 g/mol. The van der Waals surface area contributed by atoms with Crippen LogP contribution in [0.15, 0.2) is 48.5 Å². The van der Waals surface area contributed by atoms with Gasteiger partial charge in [0.1, 0.15) is 0 Å². The molecule has 0 saturated heterocycles. The lowest BCUT2D eigenvalue weighted by molar-refractivity contribution is -0.140. The highest BCUT2D eigenvalue weighted by Gasteiger charge is 2.68. The van der Waals surface area contributed by atoms with Gasteiger partial charge in [0.2, 0.25) is 0 Å². The maximum atomic E-state index is 12.3. The van der Waals surface area contributed by atoms with E-state index in [0.29, 0.717) is 23.0 Å². The predicted molar refractivity (Wildman–Crippen MR) is 115 cm³/mol. The van der Waals surface area contributed by atoms with Crippen molar-refractivity contribution in [1.82, 2.24) is 0 Å². The predicted octanol–water partition coefficient (Wildman–Crippen LogP) is 5.37. The summed E-state index contributed by atoms with van der Waals surface area (Å²) in [6.07, 6.45) is 5.81. The van der Waals surface area contributed by atoms with E-state index in [1.54, 1.807) is 24.3 Å². The first kappa shape index (κ1) is 20.4. The van der Waals surface area contributed by atoms with Gasteiger partial charge in [-0.3, -0.25) is 8.86 Å². The Labute approximate surface area is 178 Å². The van der Waals surface area contributed by atoms with Crippen molar-refractivity contribution in [1.29, 1.82) is 0 Å². The minimum atomic E-state index is -2.43. The summed E-state index contributed by atoms with van der Waals surface area (Å²) in [4.78, 5) is 12.3. The van der Waals surface area contributed by atoms with E-state index in [0.717, 1.165) is 36.8 Å². The second kappa shape index (κ2) is 8.09. The molecule has 0 spiro atoms. The van der Waals surface area contributed by atoms with Crippen LogP contribution in [0.4, 0.5) is 5.69 Å². The Hall–Kier alpha value is -1.89. The Morgan fingerprint density at radius 2 is 1.55 bits per heavy atom. The molecule has 29 heavy (non-hydrogen) atoms. The largest absolute Gasteiger partial charge is 0.479 e. The average molecular weight is 434 g/mol. The summed E-state index contributed by atoms with van der Waals surface area (Å²) in [7, 11) is 0. The van der Waals surface area contributed by atoms with Crippen molar-refractivity contribution in [2.24, 2.45) is 11.8 Å². The van der Waals surface area contributed by atoms with E-state index in [2.05, 4.69) is 0 Å². The molecule has 0 aromatic heterocycles. The van der Waals surface area contributed by atoms with Gasteiger partial charge < -0.3 is 5.11 Å². The van der Waals surface area contributed by atoms with Gasteiger partial charge >= 0.3 is 5.97 Å². The Bertz CT molecular complexity index is 911. The molecular formula is C22H24ClNO4S. The highest BCUT2D eigenvalue weighted by Crippen LogP contribution is 2.57. The first-order chi connectivity index (χ1) is 13.9. The third-order valence-electron chi connectivity index (χ3n) is 6.37. The highest BCUT2D eigenvalue weighted by molar-refractivity contribution is 7.80. The molecule has 154 valence electrons. The topological polar surface area (TPSA) is 77.8 Å². The highest BCUT2D eigenvalue weighted by atomic mass is 35.5. The van der Waals surface area contributed by atoms with E-state index in [9.17, 15) is 18.7 Å². The van der Waals surface area contributed by atoms with Crippen LogP contribution < -0.4 is 4.31 Å². The molecule has 2 aromatic carbocycles. The van der Waals surface area contributed by atoms with Crippen LogP contribution in [0.5, 0.6) is 0 Å². The molecule has 0 radical (unpaired) electrons. The molecule has 2 aromatic rings. The number of rotatable bonds is 6. The zero-order valence-electron chi connectivity index (χ0n) is 16.0. The summed E-state index contributed by atoms with van der Waals surface area (Å²) in [5, 5.41) is 10.7. The van der Waals surface area contributed by atoms with Crippen LogP contribution in [0, 0.1) is 11.8 Å². The molecule has 0 bridgehead atoms. The maximum Gasteiger partial charge on any atom is 0.330 e. The van der Waals surface area contributed by atoms with Crippen molar-refractivity contribution in [3.8, 4) is 11.1 Å². The lowest BCUT2D eigenvalue weighted by Gasteiger charge is -2.31. The van der Waals surface area contributed by atoms with Crippen LogP contribution in [-0.2, 0) is 16.1 Å². The van der Waals surface area contributed by atoms with Crippen molar-refractivity contribution in [2.45, 2.75) is 44.1 Å². The Balaban J connectivity index is 1.64. The van der Waals surface area contributed by atoms with E-state index in [4.69, 9.17) is 11.6 Å². The Kier molecular flexibility index (Phi) is 5.69. The van der Waals surface area contributed by atoms with Gasteiger partial charge in [-0.1, -0.05) is 68.0 Å². The van der Waals surface area contributed by atoms with Crippen molar-refractivity contribution < 1.29 is 18.7 Å². The summed E-state index contributed by atoms with van der Waals surface area (Å²) in [6.45, 7) is 0. The van der Waals surface area contributed by atoms with Crippen molar-refractivity contribution in [2.75, 3.05) is 4.31 Å². The van der Waals surface area contributed by atoms with E-state index < -0.39 is 22.8 Å². The van der Waals surface area contributed by atoms with Crippen LogP contribution in [0.3, 0.4) is 0 Å². The zero-order chi connectivity index (χ0) is 20.6. The van der Waals surface area contributed by atoms with Gasteiger partial charge in [-0.15, -0.1) is 0 Å². The van der Waals surface area contributed by atoms with Crippen LogP contribution in [0.1, 0.15) is 38.5 Å². The number of hydrogen-bond donors (Lipinski definition) is 2. The van der Waals surface area contributed by atoms with Crippen LogP contribution >= 0.6 is 11.6 Å². The molecule has 5 nitrogen and oxygen atoms in total. The summed E-state index contributed by atoms with van der Waals surface area (Å²) >= 11 is 3.52. The number of hydrogen-bond acceptors (Lipinski definition) is 2. The SMILES string of the molecule is O=C(O)C1(N(c2ccc(-c3ccc(Cl)cc3)cc2)S(=O)O)CC1C1CCCCC1. The minimum absolute atomic E-state index is 0.0904.